The average molecular weight is 312 g/mol. The number of nitrogens with zero attached hydrogens (tertiary/aromatic N) is 1. The van der Waals surface area contributed by atoms with Gasteiger partial charge in [0.2, 0.25) is 0 Å². The number of benzene rings is 1. The molecule has 3 nitrogen and oxygen atoms in total. The number of anilines is 1. The lowest BCUT2D eigenvalue weighted by molar-refractivity contribution is -0.137. The number of aliphatic carboxylic acids is 1. The van der Waals surface area contributed by atoms with Crippen molar-refractivity contribution in [3.8, 4) is 0 Å². The summed E-state index contributed by atoms with van der Waals surface area (Å²) in [6.45, 7) is 4.32. The van der Waals surface area contributed by atoms with Gasteiger partial charge in [-0.25, -0.2) is 0 Å². The lowest BCUT2D eigenvalue weighted by atomic mass is 10.1. The van der Waals surface area contributed by atoms with Gasteiger partial charge in [0, 0.05) is 28.7 Å². The van der Waals surface area contributed by atoms with E-state index in [0.717, 1.165) is 10.9 Å². The zero-order valence-electron chi connectivity index (χ0n) is 10.7. The van der Waals surface area contributed by atoms with Crippen LogP contribution in [0.15, 0.2) is 22.7 Å². The minimum atomic E-state index is -0.712. The van der Waals surface area contributed by atoms with Crippen LogP contribution in [0.25, 0.3) is 0 Å². The van der Waals surface area contributed by atoms with Crippen molar-refractivity contribution in [2.45, 2.75) is 45.2 Å². The van der Waals surface area contributed by atoms with Gasteiger partial charge >= 0.3 is 5.97 Å². The first-order valence-corrected chi connectivity index (χ1v) is 7.07. The third-order valence-corrected chi connectivity index (χ3v) is 3.91. The van der Waals surface area contributed by atoms with E-state index >= 15 is 0 Å². The number of rotatable bonds is 4. The summed E-state index contributed by atoms with van der Waals surface area (Å²) in [5, 5.41) is 8.83. The fourth-order valence-electron chi connectivity index (χ4n) is 2.75. The summed E-state index contributed by atoms with van der Waals surface area (Å²) in [4.78, 5) is 13.1. The van der Waals surface area contributed by atoms with Crippen LogP contribution in [0.5, 0.6) is 0 Å². The second kappa shape index (κ2) is 5.31. The van der Waals surface area contributed by atoms with Crippen LogP contribution in [0.1, 0.15) is 32.3 Å². The fraction of sp³-hybridized carbons (Fsp3) is 0.500. The van der Waals surface area contributed by atoms with Gasteiger partial charge in [0.25, 0.3) is 0 Å². The average Bonchev–Trinajstić information content (AvgIpc) is 2.63. The number of hydrogen-bond donors (Lipinski definition) is 1. The largest absolute Gasteiger partial charge is 0.481 e. The summed E-state index contributed by atoms with van der Waals surface area (Å²) < 4.78 is 1.09. The molecule has 1 aliphatic heterocycles. The van der Waals surface area contributed by atoms with Crippen LogP contribution in [0.4, 0.5) is 5.69 Å². The number of halogens is 1. The molecule has 0 aliphatic carbocycles. The highest BCUT2D eigenvalue weighted by atomic mass is 79.9. The van der Waals surface area contributed by atoms with Crippen molar-refractivity contribution in [1.82, 2.24) is 0 Å². The Morgan fingerprint density at radius 1 is 1.56 bits per heavy atom. The SMILES string of the molecule is CC(C)N1c2ccc(Br)cc2CC1CCC(=O)O. The standard InChI is InChI=1S/C14H18BrNO2/c1-9(2)16-12(4-6-14(17)18)8-10-7-11(15)3-5-13(10)16/h3,5,7,9,12H,4,6,8H2,1-2H3,(H,17,18). The van der Waals surface area contributed by atoms with Gasteiger partial charge in [-0.15, -0.1) is 0 Å². The van der Waals surface area contributed by atoms with Gasteiger partial charge in [-0.3, -0.25) is 4.79 Å². The third-order valence-electron chi connectivity index (χ3n) is 3.42. The van der Waals surface area contributed by atoms with Crippen molar-refractivity contribution in [2.75, 3.05) is 4.90 Å². The van der Waals surface area contributed by atoms with Gasteiger partial charge in [-0.2, -0.15) is 0 Å². The maximum absolute atomic E-state index is 10.7. The van der Waals surface area contributed by atoms with E-state index in [1.807, 2.05) is 6.07 Å². The molecular weight excluding hydrogens is 294 g/mol. The molecule has 18 heavy (non-hydrogen) atoms. The quantitative estimate of drug-likeness (QED) is 0.926. The topological polar surface area (TPSA) is 40.5 Å². The van der Waals surface area contributed by atoms with Gasteiger partial charge in [0.15, 0.2) is 0 Å². The Morgan fingerprint density at radius 3 is 2.89 bits per heavy atom. The Balaban J connectivity index is 2.22. The fourth-order valence-corrected chi connectivity index (χ4v) is 3.16. The summed E-state index contributed by atoms with van der Waals surface area (Å²) >= 11 is 3.49. The Morgan fingerprint density at radius 2 is 2.28 bits per heavy atom. The molecule has 0 fully saturated rings. The predicted octanol–water partition coefficient (Wildman–Crippen LogP) is 3.45. The molecule has 1 atom stereocenters. The monoisotopic (exact) mass is 311 g/mol. The molecule has 0 saturated carbocycles. The second-order valence-electron chi connectivity index (χ2n) is 5.06. The Labute approximate surface area is 116 Å². The predicted molar refractivity (Wildman–Crippen MR) is 76.1 cm³/mol. The summed E-state index contributed by atoms with van der Waals surface area (Å²) in [6, 6.07) is 7.02. The maximum Gasteiger partial charge on any atom is 0.303 e. The lowest BCUT2D eigenvalue weighted by Crippen LogP contribution is -2.38. The van der Waals surface area contributed by atoms with Crippen molar-refractivity contribution < 1.29 is 9.90 Å². The van der Waals surface area contributed by atoms with E-state index in [1.165, 1.54) is 11.3 Å². The molecule has 0 aromatic heterocycles. The lowest BCUT2D eigenvalue weighted by Gasteiger charge is -2.31. The summed E-state index contributed by atoms with van der Waals surface area (Å²) in [5.74, 6) is -0.712. The summed E-state index contributed by atoms with van der Waals surface area (Å²) in [5.41, 5.74) is 2.57. The molecule has 0 saturated heterocycles. The minimum absolute atomic E-state index is 0.239. The molecule has 1 aromatic rings. The zero-order chi connectivity index (χ0) is 13.3. The summed E-state index contributed by atoms with van der Waals surface area (Å²) in [7, 11) is 0. The van der Waals surface area contributed by atoms with Crippen LogP contribution in [-0.2, 0) is 11.2 Å². The van der Waals surface area contributed by atoms with Crippen LogP contribution in [0.3, 0.4) is 0 Å². The molecule has 1 heterocycles. The number of carboxylic acid groups (broad SMARTS) is 1. The number of fused-ring (bicyclic) bond motifs is 1. The Hall–Kier alpha value is -1.03. The molecule has 1 unspecified atom stereocenters. The number of hydrogen-bond acceptors (Lipinski definition) is 2. The second-order valence-corrected chi connectivity index (χ2v) is 5.98. The van der Waals surface area contributed by atoms with E-state index < -0.39 is 5.97 Å². The van der Waals surface area contributed by atoms with E-state index in [4.69, 9.17) is 5.11 Å². The van der Waals surface area contributed by atoms with E-state index in [9.17, 15) is 4.79 Å². The van der Waals surface area contributed by atoms with Crippen LogP contribution in [0, 0.1) is 0 Å². The highest BCUT2D eigenvalue weighted by molar-refractivity contribution is 9.10. The Kier molecular flexibility index (Phi) is 3.95. The molecule has 4 heteroatoms. The molecule has 98 valence electrons. The van der Waals surface area contributed by atoms with E-state index in [-0.39, 0.29) is 6.42 Å². The zero-order valence-corrected chi connectivity index (χ0v) is 12.3. The van der Waals surface area contributed by atoms with Crippen molar-refractivity contribution in [2.24, 2.45) is 0 Å². The van der Waals surface area contributed by atoms with Crippen LogP contribution >= 0.6 is 15.9 Å². The molecule has 1 aliphatic rings. The van der Waals surface area contributed by atoms with E-state index in [0.29, 0.717) is 18.5 Å². The molecule has 0 radical (unpaired) electrons. The van der Waals surface area contributed by atoms with E-state index in [2.05, 4.69) is 46.8 Å². The van der Waals surface area contributed by atoms with Gasteiger partial charge in [-0.1, -0.05) is 15.9 Å². The van der Waals surface area contributed by atoms with Crippen LogP contribution < -0.4 is 4.90 Å². The van der Waals surface area contributed by atoms with E-state index in [1.54, 1.807) is 0 Å². The highest BCUT2D eigenvalue weighted by Crippen LogP contribution is 2.37. The van der Waals surface area contributed by atoms with Crippen LogP contribution in [0.2, 0.25) is 0 Å². The highest BCUT2D eigenvalue weighted by Gasteiger charge is 2.31. The van der Waals surface area contributed by atoms with Gasteiger partial charge in [-0.05, 0) is 50.5 Å². The van der Waals surface area contributed by atoms with Crippen molar-refractivity contribution in [3.05, 3.63) is 28.2 Å². The smallest absolute Gasteiger partial charge is 0.303 e. The molecule has 0 bridgehead atoms. The van der Waals surface area contributed by atoms with Gasteiger partial charge in [0.05, 0.1) is 0 Å². The Bertz CT molecular complexity index is 459. The molecule has 2 rings (SSSR count). The van der Waals surface area contributed by atoms with Crippen molar-refractivity contribution >= 4 is 27.6 Å². The molecule has 1 N–H and O–H groups in total. The number of carboxylic acids is 1. The summed E-state index contributed by atoms with van der Waals surface area (Å²) in [6.07, 6.45) is 1.89. The van der Waals surface area contributed by atoms with Gasteiger partial charge in [0.1, 0.15) is 0 Å². The first-order chi connectivity index (χ1) is 8.49. The molecular formula is C14H18BrNO2. The first kappa shape index (κ1) is 13.4. The van der Waals surface area contributed by atoms with Crippen molar-refractivity contribution in [3.63, 3.8) is 0 Å². The number of carbonyl (C=O) groups is 1. The van der Waals surface area contributed by atoms with Gasteiger partial charge < -0.3 is 10.0 Å². The molecule has 1 aromatic carbocycles. The normalized spacial score (nSPS) is 18.2. The minimum Gasteiger partial charge on any atom is -0.481 e. The molecule has 0 amide bonds. The first-order valence-electron chi connectivity index (χ1n) is 6.27. The maximum atomic E-state index is 10.7. The van der Waals surface area contributed by atoms with Crippen molar-refractivity contribution in [1.29, 1.82) is 0 Å². The molecule has 0 spiro atoms. The van der Waals surface area contributed by atoms with Crippen LogP contribution in [-0.4, -0.2) is 23.2 Å². The third kappa shape index (κ3) is 2.69.